The number of aliphatic imine (C=N–C) groups is 1. The first-order valence-electron chi connectivity index (χ1n) is 8.06. The third-order valence-corrected chi connectivity index (χ3v) is 3.76. The van der Waals surface area contributed by atoms with Crippen LogP contribution >= 0.6 is 24.0 Å². The molecule has 7 heteroatoms. The van der Waals surface area contributed by atoms with Gasteiger partial charge < -0.3 is 20.1 Å². The highest BCUT2D eigenvalue weighted by Crippen LogP contribution is 2.17. The van der Waals surface area contributed by atoms with Crippen molar-refractivity contribution in [2.45, 2.75) is 13.0 Å². The zero-order valence-electron chi connectivity index (χ0n) is 15.2. The second-order valence-corrected chi connectivity index (χ2v) is 5.42. The Balaban J connectivity index is 0.00000338. The van der Waals surface area contributed by atoms with Crippen LogP contribution in [0.5, 0.6) is 11.5 Å². The van der Waals surface area contributed by atoms with Crippen LogP contribution < -0.4 is 20.1 Å². The predicted octanol–water partition coefficient (Wildman–Crippen LogP) is 3.37. The monoisotopic (exact) mass is 473 g/mol. The van der Waals surface area contributed by atoms with E-state index in [9.17, 15) is 4.39 Å². The largest absolute Gasteiger partial charge is 0.497 e. The van der Waals surface area contributed by atoms with Crippen LogP contribution in [0, 0.1) is 5.82 Å². The van der Waals surface area contributed by atoms with Crippen LogP contribution in [0.25, 0.3) is 0 Å². The van der Waals surface area contributed by atoms with Gasteiger partial charge in [-0.3, -0.25) is 4.99 Å². The van der Waals surface area contributed by atoms with E-state index >= 15 is 0 Å². The molecular formula is C19H25FIN3O2. The number of nitrogens with zero attached hydrogens (tertiary/aromatic N) is 1. The van der Waals surface area contributed by atoms with Gasteiger partial charge in [0.05, 0.1) is 14.2 Å². The van der Waals surface area contributed by atoms with Gasteiger partial charge in [0.25, 0.3) is 0 Å². The standard InChI is InChI=1S/C19H24FN3O2.HI/c1-21-19(22-11-10-14-4-7-16(24-2)8-5-14)23-13-15-6-9-18(25-3)17(20)12-15;/h4-9,12H,10-11,13H2,1-3H3,(H2,21,22,23);1H. The Morgan fingerprint density at radius 2 is 1.69 bits per heavy atom. The Bertz CT molecular complexity index is 708. The van der Waals surface area contributed by atoms with Gasteiger partial charge in [-0.25, -0.2) is 4.39 Å². The molecule has 0 heterocycles. The maximum absolute atomic E-state index is 13.7. The smallest absolute Gasteiger partial charge is 0.191 e. The maximum atomic E-state index is 13.7. The van der Waals surface area contributed by atoms with Crippen molar-refractivity contribution >= 4 is 29.9 Å². The van der Waals surface area contributed by atoms with Crippen molar-refractivity contribution in [3.8, 4) is 11.5 Å². The molecule has 0 aliphatic carbocycles. The highest BCUT2D eigenvalue weighted by atomic mass is 127. The Labute approximate surface area is 171 Å². The Hall–Kier alpha value is -2.03. The van der Waals surface area contributed by atoms with Crippen LogP contribution in [-0.2, 0) is 13.0 Å². The number of hydrogen-bond donors (Lipinski definition) is 2. The summed E-state index contributed by atoms with van der Waals surface area (Å²) < 4.78 is 23.8. The number of halogens is 2. The van der Waals surface area contributed by atoms with Crippen LogP contribution in [0.2, 0.25) is 0 Å². The molecular weight excluding hydrogens is 448 g/mol. The molecule has 0 aliphatic rings. The zero-order chi connectivity index (χ0) is 18.1. The summed E-state index contributed by atoms with van der Waals surface area (Å²) >= 11 is 0. The van der Waals surface area contributed by atoms with Gasteiger partial charge in [-0.1, -0.05) is 18.2 Å². The van der Waals surface area contributed by atoms with Crippen molar-refractivity contribution in [3.63, 3.8) is 0 Å². The van der Waals surface area contributed by atoms with Gasteiger partial charge in [-0.2, -0.15) is 0 Å². The van der Waals surface area contributed by atoms with Crippen LogP contribution in [0.15, 0.2) is 47.5 Å². The molecule has 0 bridgehead atoms. The minimum absolute atomic E-state index is 0. The third-order valence-electron chi connectivity index (χ3n) is 3.76. The summed E-state index contributed by atoms with van der Waals surface area (Å²) in [5.74, 6) is 1.39. The lowest BCUT2D eigenvalue weighted by atomic mass is 10.1. The van der Waals surface area contributed by atoms with Crippen molar-refractivity contribution < 1.29 is 13.9 Å². The zero-order valence-corrected chi connectivity index (χ0v) is 17.5. The fourth-order valence-corrected chi connectivity index (χ4v) is 2.34. The minimum atomic E-state index is -0.371. The van der Waals surface area contributed by atoms with E-state index in [1.54, 1.807) is 20.2 Å². The minimum Gasteiger partial charge on any atom is -0.497 e. The molecule has 0 aliphatic heterocycles. The molecule has 5 nitrogen and oxygen atoms in total. The Morgan fingerprint density at radius 3 is 2.27 bits per heavy atom. The van der Waals surface area contributed by atoms with Gasteiger partial charge in [-0.15, -0.1) is 24.0 Å². The molecule has 0 radical (unpaired) electrons. The fourth-order valence-electron chi connectivity index (χ4n) is 2.34. The van der Waals surface area contributed by atoms with E-state index < -0.39 is 0 Å². The lowest BCUT2D eigenvalue weighted by Gasteiger charge is -2.12. The summed E-state index contributed by atoms with van der Waals surface area (Å²) in [5.41, 5.74) is 2.03. The van der Waals surface area contributed by atoms with Crippen molar-refractivity contribution in [1.82, 2.24) is 10.6 Å². The molecule has 0 atom stereocenters. The lowest BCUT2D eigenvalue weighted by Crippen LogP contribution is -2.37. The molecule has 0 spiro atoms. The van der Waals surface area contributed by atoms with Crippen LogP contribution in [0.1, 0.15) is 11.1 Å². The number of guanidine groups is 1. The van der Waals surface area contributed by atoms with Gasteiger partial charge in [-0.05, 0) is 41.8 Å². The maximum Gasteiger partial charge on any atom is 0.191 e. The van der Waals surface area contributed by atoms with E-state index in [4.69, 9.17) is 9.47 Å². The first kappa shape index (κ1) is 22.0. The molecule has 2 aromatic rings. The van der Waals surface area contributed by atoms with E-state index in [1.165, 1.54) is 18.7 Å². The summed E-state index contributed by atoms with van der Waals surface area (Å²) in [6.07, 6.45) is 0.863. The number of rotatable bonds is 7. The molecule has 0 aromatic heterocycles. The normalized spacial score (nSPS) is 10.7. The molecule has 26 heavy (non-hydrogen) atoms. The van der Waals surface area contributed by atoms with E-state index in [-0.39, 0.29) is 35.5 Å². The summed E-state index contributed by atoms with van der Waals surface area (Å²) in [7, 11) is 4.81. The fraction of sp³-hybridized carbons (Fsp3) is 0.316. The highest BCUT2D eigenvalue weighted by Gasteiger charge is 2.04. The first-order valence-corrected chi connectivity index (χ1v) is 8.06. The average molecular weight is 473 g/mol. The Morgan fingerprint density at radius 1 is 1.00 bits per heavy atom. The molecule has 0 fully saturated rings. The van der Waals surface area contributed by atoms with E-state index in [0.29, 0.717) is 12.5 Å². The van der Waals surface area contributed by atoms with Gasteiger partial charge in [0.2, 0.25) is 0 Å². The Kier molecular flexibility index (Phi) is 9.79. The van der Waals surface area contributed by atoms with Gasteiger partial charge >= 0.3 is 0 Å². The number of benzene rings is 2. The molecule has 2 rings (SSSR count). The summed E-state index contributed by atoms with van der Waals surface area (Å²) in [6.45, 7) is 1.21. The topological polar surface area (TPSA) is 54.9 Å². The van der Waals surface area contributed by atoms with Gasteiger partial charge in [0.15, 0.2) is 17.5 Å². The summed E-state index contributed by atoms with van der Waals surface area (Å²) in [5, 5.41) is 6.41. The highest BCUT2D eigenvalue weighted by molar-refractivity contribution is 14.0. The molecule has 0 saturated heterocycles. The second-order valence-electron chi connectivity index (χ2n) is 5.42. The van der Waals surface area contributed by atoms with Crippen molar-refractivity contribution in [2.24, 2.45) is 4.99 Å². The van der Waals surface area contributed by atoms with Gasteiger partial charge in [0, 0.05) is 20.1 Å². The molecule has 2 N–H and O–H groups in total. The van der Waals surface area contributed by atoms with E-state index in [0.717, 1.165) is 24.3 Å². The molecule has 0 amide bonds. The third kappa shape index (κ3) is 6.70. The van der Waals surface area contributed by atoms with Crippen LogP contribution in [-0.4, -0.2) is 33.8 Å². The SMILES string of the molecule is CN=C(NCCc1ccc(OC)cc1)NCc1ccc(OC)c(F)c1.I. The molecule has 0 saturated carbocycles. The van der Waals surface area contributed by atoms with Crippen molar-refractivity contribution in [1.29, 1.82) is 0 Å². The number of nitrogens with one attached hydrogen (secondary N) is 2. The average Bonchev–Trinajstić information content (AvgIpc) is 2.65. The van der Waals surface area contributed by atoms with Crippen LogP contribution in [0.4, 0.5) is 4.39 Å². The predicted molar refractivity (Wildman–Crippen MR) is 113 cm³/mol. The van der Waals surface area contributed by atoms with Crippen molar-refractivity contribution in [2.75, 3.05) is 27.8 Å². The van der Waals surface area contributed by atoms with E-state index in [1.807, 2.05) is 30.3 Å². The first-order chi connectivity index (χ1) is 12.2. The van der Waals surface area contributed by atoms with E-state index in [2.05, 4.69) is 15.6 Å². The number of hydrogen-bond acceptors (Lipinski definition) is 3. The molecule has 142 valence electrons. The van der Waals surface area contributed by atoms with Crippen molar-refractivity contribution in [3.05, 3.63) is 59.4 Å². The van der Waals surface area contributed by atoms with Crippen LogP contribution in [0.3, 0.4) is 0 Å². The molecule has 2 aromatic carbocycles. The quantitative estimate of drug-likeness (QED) is 0.368. The summed E-state index contributed by atoms with van der Waals surface area (Å²) in [4.78, 5) is 4.17. The molecule has 0 unspecified atom stereocenters. The number of ether oxygens (including phenoxy) is 2. The van der Waals surface area contributed by atoms with Gasteiger partial charge in [0.1, 0.15) is 5.75 Å². The number of methoxy groups -OCH3 is 2. The lowest BCUT2D eigenvalue weighted by molar-refractivity contribution is 0.386. The summed E-state index contributed by atoms with van der Waals surface area (Å²) in [6, 6.07) is 12.9. The second kappa shape index (κ2) is 11.6.